The van der Waals surface area contributed by atoms with Gasteiger partial charge in [0.05, 0.1) is 17.5 Å². The smallest absolute Gasteiger partial charge is 0.122 e. The number of aryl methyl sites for hydroxylation is 1. The molecule has 0 atom stereocenters. The highest BCUT2D eigenvalue weighted by Gasteiger charge is 2.02. The van der Waals surface area contributed by atoms with Crippen molar-refractivity contribution in [3.63, 3.8) is 0 Å². The number of rotatable bonds is 3. The monoisotopic (exact) mass is 295 g/mol. The molecule has 0 aliphatic heterocycles. The maximum absolute atomic E-state index is 8.88. The highest BCUT2D eigenvalue weighted by atomic mass is 35.5. The van der Waals surface area contributed by atoms with Gasteiger partial charge < -0.3 is 4.74 Å². The second kappa shape index (κ2) is 7.39. The van der Waals surface area contributed by atoms with E-state index in [0.29, 0.717) is 18.1 Å². The molecule has 3 heteroatoms. The van der Waals surface area contributed by atoms with Crippen LogP contribution in [0.1, 0.15) is 22.3 Å². The van der Waals surface area contributed by atoms with E-state index in [2.05, 4.69) is 17.9 Å². The molecule has 0 unspecified atom stereocenters. The number of ether oxygens (including phenoxy) is 1. The van der Waals surface area contributed by atoms with E-state index < -0.39 is 0 Å². The standard InChI is InChI=1S/C18H14ClNO/c1-14-10-15(6-3-9-19)7-8-18(14)21-13-17-5-2-4-16(11-17)12-20/h2,4-5,7-8,10-11H,9,13H2,1H3. The second-order valence-electron chi connectivity index (χ2n) is 4.52. The summed E-state index contributed by atoms with van der Waals surface area (Å²) >= 11 is 5.54. The molecule has 0 heterocycles. The van der Waals surface area contributed by atoms with Gasteiger partial charge in [-0.3, -0.25) is 0 Å². The van der Waals surface area contributed by atoms with Gasteiger partial charge in [0.25, 0.3) is 0 Å². The van der Waals surface area contributed by atoms with Crippen molar-refractivity contribution in [2.24, 2.45) is 0 Å². The molecule has 0 amide bonds. The molecule has 0 aliphatic rings. The minimum absolute atomic E-state index is 0.326. The number of nitrogens with zero attached hydrogens (tertiary/aromatic N) is 1. The van der Waals surface area contributed by atoms with Gasteiger partial charge in [-0.05, 0) is 48.4 Å². The SMILES string of the molecule is Cc1cc(C#CCCl)ccc1OCc1cccc(C#N)c1. The number of benzene rings is 2. The van der Waals surface area contributed by atoms with Crippen LogP contribution in [0.3, 0.4) is 0 Å². The maximum atomic E-state index is 8.88. The zero-order valence-electron chi connectivity index (χ0n) is 11.7. The average molecular weight is 296 g/mol. The Morgan fingerprint density at radius 1 is 1.14 bits per heavy atom. The van der Waals surface area contributed by atoms with Crippen molar-refractivity contribution in [3.8, 4) is 23.7 Å². The van der Waals surface area contributed by atoms with Gasteiger partial charge in [0.15, 0.2) is 0 Å². The van der Waals surface area contributed by atoms with Crippen molar-refractivity contribution in [2.45, 2.75) is 13.5 Å². The Morgan fingerprint density at radius 3 is 2.71 bits per heavy atom. The molecule has 0 saturated carbocycles. The summed E-state index contributed by atoms with van der Waals surface area (Å²) in [5.74, 6) is 6.94. The van der Waals surface area contributed by atoms with Crippen molar-refractivity contribution in [2.75, 3.05) is 5.88 Å². The molecule has 2 aromatic rings. The van der Waals surface area contributed by atoms with Crippen LogP contribution in [0, 0.1) is 30.1 Å². The molecule has 21 heavy (non-hydrogen) atoms. The zero-order chi connectivity index (χ0) is 15.1. The maximum Gasteiger partial charge on any atom is 0.122 e. The summed E-state index contributed by atoms with van der Waals surface area (Å²) in [5, 5.41) is 8.88. The Kier molecular flexibility index (Phi) is 5.27. The normalized spacial score (nSPS) is 9.38. The van der Waals surface area contributed by atoms with Crippen LogP contribution in [0.5, 0.6) is 5.75 Å². The summed E-state index contributed by atoms with van der Waals surface area (Å²) in [6.45, 7) is 2.41. The lowest BCUT2D eigenvalue weighted by Gasteiger charge is -2.09. The first-order chi connectivity index (χ1) is 10.2. The Hall–Kier alpha value is -2.42. The lowest BCUT2D eigenvalue weighted by Crippen LogP contribution is -1.97. The van der Waals surface area contributed by atoms with Crippen molar-refractivity contribution in [1.29, 1.82) is 5.26 Å². The number of halogens is 1. The summed E-state index contributed by atoms with van der Waals surface area (Å²) in [4.78, 5) is 0. The number of nitriles is 1. The van der Waals surface area contributed by atoms with Crippen LogP contribution in [0.15, 0.2) is 42.5 Å². The van der Waals surface area contributed by atoms with Crippen molar-refractivity contribution in [1.82, 2.24) is 0 Å². The molecule has 0 N–H and O–H groups in total. The van der Waals surface area contributed by atoms with Gasteiger partial charge in [0.2, 0.25) is 0 Å². The first kappa shape index (κ1) is 15.0. The molecule has 0 saturated heterocycles. The van der Waals surface area contributed by atoms with E-state index in [4.69, 9.17) is 21.6 Å². The van der Waals surface area contributed by atoms with Gasteiger partial charge in [-0.15, -0.1) is 11.6 Å². The molecule has 2 aromatic carbocycles. The fraction of sp³-hybridized carbons (Fsp3) is 0.167. The fourth-order valence-electron chi connectivity index (χ4n) is 1.92. The second-order valence-corrected chi connectivity index (χ2v) is 4.78. The summed E-state index contributed by atoms with van der Waals surface area (Å²) in [5.41, 5.74) is 3.55. The lowest BCUT2D eigenvalue weighted by atomic mass is 10.1. The van der Waals surface area contributed by atoms with Crippen LogP contribution in [-0.4, -0.2) is 5.88 Å². The highest BCUT2D eigenvalue weighted by molar-refractivity contribution is 6.19. The number of hydrogen-bond donors (Lipinski definition) is 0. The predicted octanol–water partition coefficient (Wildman–Crippen LogP) is 4.04. The molecule has 0 spiro atoms. The quantitative estimate of drug-likeness (QED) is 0.632. The van der Waals surface area contributed by atoms with Gasteiger partial charge in [-0.1, -0.05) is 24.0 Å². The van der Waals surface area contributed by atoms with Crippen LogP contribution in [0.4, 0.5) is 0 Å². The summed E-state index contributed by atoms with van der Waals surface area (Å²) in [6, 6.07) is 15.3. The van der Waals surface area contributed by atoms with Gasteiger partial charge in [-0.2, -0.15) is 5.26 Å². The molecule has 2 nitrogen and oxygen atoms in total. The van der Waals surface area contributed by atoms with Crippen LogP contribution < -0.4 is 4.74 Å². The van der Waals surface area contributed by atoms with Gasteiger partial charge in [0, 0.05) is 5.56 Å². The van der Waals surface area contributed by atoms with Crippen LogP contribution in [-0.2, 0) is 6.61 Å². The third-order valence-electron chi connectivity index (χ3n) is 2.92. The molecule has 0 aliphatic carbocycles. The lowest BCUT2D eigenvalue weighted by molar-refractivity contribution is 0.304. The van der Waals surface area contributed by atoms with Crippen LogP contribution in [0.2, 0.25) is 0 Å². The van der Waals surface area contributed by atoms with Gasteiger partial charge in [-0.25, -0.2) is 0 Å². The van der Waals surface area contributed by atoms with Gasteiger partial charge >= 0.3 is 0 Å². The van der Waals surface area contributed by atoms with Crippen LogP contribution in [0.25, 0.3) is 0 Å². The minimum Gasteiger partial charge on any atom is -0.489 e. The van der Waals surface area contributed by atoms with Crippen molar-refractivity contribution in [3.05, 3.63) is 64.7 Å². The van der Waals surface area contributed by atoms with Crippen LogP contribution >= 0.6 is 11.6 Å². The Morgan fingerprint density at radius 2 is 2.00 bits per heavy atom. The molecular formula is C18H14ClNO. The van der Waals surface area contributed by atoms with Gasteiger partial charge in [0.1, 0.15) is 12.4 Å². The van der Waals surface area contributed by atoms with E-state index in [1.165, 1.54) is 0 Å². The molecule has 0 radical (unpaired) electrons. The molecule has 0 aromatic heterocycles. The predicted molar refractivity (Wildman–Crippen MR) is 84.3 cm³/mol. The largest absolute Gasteiger partial charge is 0.489 e. The van der Waals surface area contributed by atoms with E-state index in [1.807, 2.05) is 43.3 Å². The highest BCUT2D eigenvalue weighted by Crippen LogP contribution is 2.20. The third kappa shape index (κ3) is 4.28. The zero-order valence-corrected chi connectivity index (χ0v) is 12.4. The summed E-state index contributed by atoms with van der Waals surface area (Å²) in [7, 11) is 0. The Balaban J connectivity index is 2.08. The number of alkyl halides is 1. The Bertz CT molecular complexity index is 735. The molecule has 104 valence electrons. The summed E-state index contributed by atoms with van der Waals surface area (Å²) in [6.07, 6.45) is 0. The van der Waals surface area contributed by atoms with E-state index in [-0.39, 0.29) is 0 Å². The fourth-order valence-corrected chi connectivity index (χ4v) is 1.98. The van der Waals surface area contributed by atoms with E-state index in [1.54, 1.807) is 6.07 Å². The van der Waals surface area contributed by atoms with E-state index in [0.717, 1.165) is 22.4 Å². The first-order valence-electron chi connectivity index (χ1n) is 6.50. The first-order valence-corrected chi connectivity index (χ1v) is 7.03. The van der Waals surface area contributed by atoms with Crippen molar-refractivity contribution >= 4 is 11.6 Å². The molecule has 0 bridgehead atoms. The molecule has 2 rings (SSSR count). The molecule has 0 fully saturated rings. The van der Waals surface area contributed by atoms with Crippen molar-refractivity contribution < 1.29 is 4.74 Å². The molecular weight excluding hydrogens is 282 g/mol. The van der Waals surface area contributed by atoms with E-state index in [9.17, 15) is 0 Å². The minimum atomic E-state index is 0.326. The average Bonchev–Trinajstić information content (AvgIpc) is 2.52. The summed E-state index contributed by atoms with van der Waals surface area (Å²) < 4.78 is 5.80. The topological polar surface area (TPSA) is 33.0 Å². The number of hydrogen-bond acceptors (Lipinski definition) is 2. The third-order valence-corrected chi connectivity index (χ3v) is 3.06. The van der Waals surface area contributed by atoms with E-state index >= 15 is 0 Å². The Labute approximate surface area is 129 Å².